The minimum atomic E-state index is -1.08. The van der Waals surface area contributed by atoms with Crippen LogP contribution in [-0.4, -0.2) is 47.6 Å². The molecule has 1 rings (SSSR count). The molecule has 2 N–H and O–H groups in total. The van der Waals surface area contributed by atoms with Crippen molar-refractivity contribution in [2.24, 2.45) is 0 Å². The molecule has 1 heterocycles. The van der Waals surface area contributed by atoms with Crippen LogP contribution in [0, 0.1) is 0 Å². The first-order valence-electron chi connectivity index (χ1n) is 5.64. The van der Waals surface area contributed by atoms with Gasteiger partial charge in [0.2, 0.25) is 0 Å². The number of aliphatic hydroxyl groups is 1. The van der Waals surface area contributed by atoms with Crippen LogP contribution in [0.15, 0.2) is 0 Å². The van der Waals surface area contributed by atoms with Crippen LogP contribution in [0.2, 0.25) is 0 Å². The van der Waals surface area contributed by atoms with Crippen LogP contribution in [-0.2, 0) is 4.74 Å². The third-order valence-corrected chi connectivity index (χ3v) is 2.70. The van der Waals surface area contributed by atoms with Gasteiger partial charge in [-0.15, -0.1) is 0 Å². The van der Waals surface area contributed by atoms with E-state index in [9.17, 15) is 9.90 Å². The molecule has 0 atom stereocenters. The molecule has 1 saturated heterocycles. The highest BCUT2D eigenvalue weighted by atomic mass is 16.6. The van der Waals surface area contributed by atoms with E-state index < -0.39 is 17.4 Å². The number of piperidine rings is 1. The molecule has 94 valence electrons. The van der Waals surface area contributed by atoms with Crippen LogP contribution < -0.4 is 5.32 Å². The Morgan fingerprint density at radius 2 is 1.88 bits per heavy atom. The normalized spacial score (nSPS) is 20.3. The van der Waals surface area contributed by atoms with E-state index in [4.69, 9.17) is 4.74 Å². The van der Waals surface area contributed by atoms with Crippen molar-refractivity contribution in [3.05, 3.63) is 0 Å². The molecule has 0 saturated carbocycles. The number of rotatable bonds is 1. The van der Waals surface area contributed by atoms with Gasteiger partial charge in [-0.3, -0.25) is 4.90 Å². The highest BCUT2D eigenvalue weighted by molar-refractivity contribution is 5.68. The zero-order chi connectivity index (χ0) is 12.4. The van der Waals surface area contributed by atoms with Crippen molar-refractivity contribution in [2.75, 3.05) is 20.1 Å². The number of nitrogens with one attached hydrogen (secondary N) is 1. The van der Waals surface area contributed by atoms with Gasteiger partial charge in [0.15, 0.2) is 0 Å². The predicted octanol–water partition coefficient (Wildman–Crippen LogP) is 0.925. The molecule has 5 heteroatoms. The molecule has 1 aliphatic heterocycles. The second-order valence-electron chi connectivity index (χ2n) is 5.27. The number of ether oxygens (including phenoxy) is 1. The van der Waals surface area contributed by atoms with Crippen molar-refractivity contribution in [1.82, 2.24) is 10.2 Å². The van der Waals surface area contributed by atoms with Crippen molar-refractivity contribution in [1.29, 1.82) is 0 Å². The minimum Gasteiger partial charge on any atom is -0.444 e. The maximum Gasteiger partial charge on any atom is 0.412 e. The van der Waals surface area contributed by atoms with Gasteiger partial charge in [0, 0.05) is 19.9 Å². The van der Waals surface area contributed by atoms with Crippen molar-refractivity contribution >= 4 is 6.09 Å². The third-order valence-electron chi connectivity index (χ3n) is 2.70. The quantitative estimate of drug-likeness (QED) is 0.658. The first-order valence-corrected chi connectivity index (χ1v) is 5.64. The molecule has 16 heavy (non-hydrogen) atoms. The average Bonchev–Trinajstić information content (AvgIpc) is 2.15. The van der Waals surface area contributed by atoms with Crippen LogP contribution in [0.5, 0.6) is 0 Å². The summed E-state index contributed by atoms with van der Waals surface area (Å²) in [5.74, 6) is 0. The summed E-state index contributed by atoms with van der Waals surface area (Å²) < 4.78 is 5.22. The molecule has 5 nitrogen and oxygen atoms in total. The monoisotopic (exact) mass is 230 g/mol. The Hall–Kier alpha value is -0.810. The van der Waals surface area contributed by atoms with E-state index in [1.165, 1.54) is 4.90 Å². The summed E-state index contributed by atoms with van der Waals surface area (Å²) in [6, 6.07) is 0. The summed E-state index contributed by atoms with van der Waals surface area (Å²) in [6.07, 6.45) is 0.586. The van der Waals surface area contributed by atoms with E-state index in [0.29, 0.717) is 25.9 Å². The van der Waals surface area contributed by atoms with Crippen molar-refractivity contribution in [3.8, 4) is 0 Å². The number of hydrogen-bond acceptors (Lipinski definition) is 4. The summed E-state index contributed by atoms with van der Waals surface area (Å²) in [6.45, 7) is 6.86. The topological polar surface area (TPSA) is 61.8 Å². The first-order chi connectivity index (χ1) is 7.25. The fourth-order valence-corrected chi connectivity index (χ4v) is 1.66. The SMILES string of the molecule is CN(C(=O)OC(C)(C)C)C1(O)CCNCC1. The zero-order valence-electron chi connectivity index (χ0n) is 10.5. The fourth-order valence-electron chi connectivity index (χ4n) is 1.66. The van der Waals surface area contributed by atoms with Gasteiger partial charge in [-0.2, -0.15) is 0 Å². The second kappa shape index (κ2) is 4.59. The largest absolute Gasteiger partial charge is 0.444 e. The number of carbonyl (C=O) groups excluding carboxylic acids is 1. The lowest BCUT2D eigenvalue weighted by Gasteiger charge is -2.40. The van der Waals surface area contributed by atoms with Crippen molar-refractivity contribution < 1.29 is 14.6 Å². The smallest absolute Gasteiger partial charge is 0.412 e. The molecule has 0 aromatic carbocycles. The Labute approximate surface area is 96.8 Å². The molecule has 0 aliphatic carbocycles. The van der Waals surface area contributed by atoms with E-state index >= 15 is 0 Å². The zero-order valence-corrected chi connectivity index (χ0v) is 10.5. The Bertz CT molecular complexity index is 254. The first kappa shape index (κ1) is 13.3. The lowest BCUT2D eigenvalue weighted by Crippen LogP contribution is -2.56. The highest BCUT2D eigenvalue weighted by Gasteiger charge is 2.38. The molecule has 0 aromatic heterocycles. The Kier molecular flexibility index (Phi) is 3.80. The lowest BCUT2D eigenvalue weighted by molar-refractivity contribution is -0.112. The summed E-state index contributed by atoms with van der Waals surface area (Å²) in [7, 11) is 1.58. The van der Waals surface area contributed by atoms with Gasteiger partial charge in [-0.25, -0.2) is 4.79 Å². The molecular weight excluding hydrogens is 208 g/mol. The Morgan fingerprint density at radius 3 is 2.31 bits per heavy atom. The number of amides is 1. The molecule has 0 aromatic rings. The van der Waals surface area contributed by atoms with Crippen LogP contribution in [0.25, 0.3) is 0 Å². The molecule has 0 radical (unpaired) electrons. The highest BCUT2D eigenvalue weighted by Crippen LogP contribution is 2.23. The van der Waals surface area contributed by atoms with E-state index in [-0.39, 0.29) is 0 Å². The van der Waals surface area contributed by atoms with Gasteiger partial charge < -0.3 is 15.2 Å². The van der Waals surface area contributed by atoms with E-state index in [1.807, 2.05) is 20.8 Å². The third kappa shape index (κ3) is 3.35. The fraction of sp³-hybridized carbons (Fsp3) is 0.909. The average molecular weight is 230 g/mol. The molecular formula is C11H22N2O3. The van der Waals surface area contributed by atoms with Gasteiger partial charge >= 0.3 is 6.09 Å². The molecule has 1 amide bonds. The van der Waals surface area contributed by atoms with Crippen LogP contribution >= 0.6 is 0 Å². The molecule has 0 unspecified atom stereocenters. The molecule has 1 fully saturated rings. The Balaban J connectivity index is 2.61. The van der Waals surface area contributed by atoms with Crippen LogP contribution in [0.3, 0.4) is 0 Å². The van der Waals surface area contributed by atoms with Gasteiger partial charge in [-0.05, 0) is 33.9 Å². The van der Waals surface area contributed by atoms with Gasteiger partial charge in [0.25, 0.3) is 0 Å². The number of hydrogen-bond donors (Lipinski definition) is 2. The van der Waals surface area contributed by atoms with E-state index in [2.05, 4.69) is 5.32 Å². The number of carbonyl (C=O) groups is 1. The summed E-state index contributed by atoms with van der Waals surface area (Å²) in [4.78, 5) is 13.1. The summed E-state index contributed by atoms with van der Waals surface area (Å²) >= 11 is 0. The lowest BCUT2D eigenvalue weighted by atomic mass is 10.0. The number of nitrogens with zero attached hydrogens (tertiary/aromatic N) is 1. The van der Waals surface area contributed by atoms with Gasteiger partial charge in [0.05, 0.1) is 0 Å². The maximum atomic E-state index is 11.8. The Morgan fingerprint density at radius 1 is 1.38 bits per heavy atom. The second-order valence-corrected chi connectivity index (χ2v) is 5.27. The summed E-state index contributed by atoms with van der Waals surface area (Å²) in [5, 5.41) is 13.4. The van der Waals surface area contributed by atoms with E-state index in [1.54, 1.807) is 7.05 Å². The standard InChI is InChI=1S/C11H22N2O3/c1-10(2,3)16-9(14)13(4)11(15)5-7-12-8-6-11/h12,15H,5-8H2,1-4H3. The van der Waals surface area contributed by atoms with Gasteiger partial charge in [-0.1, -0.05) is 0 Å². The maximum absolute atomic E-state index is 11.8. The van der Waals surface area contributed by atoms with E-state index in [0.717, 1.165) is 0 Å². The predicted molar refractivity (Wildman–Crippen MR) is 61.1 cm³/mol. The van der Waals surface area contributed by atoms with Gasteiger partial charge in [0.1, 0.15) is 11.3 Å². The molecule has 0 bridgehead atoms. The summed E-state index contributed by atoms with van der Waals surface area (Å²) in [5.41, 5.74) is -1.61. The van der Waals surface area contributed by atoms with Crippen molar-refractivity contribution in [3.63, 3.8) is 0 Å². The minimum absolute atomic E-state index is 0.475. The molecule has 0 spiro atoms. The molecule has 1 aliphatic rings. The van der Waals surface area contributed by atoms with Crippen LogP contribution in [0.4, 0.5) is 4.79 Å². The van der Waals surface area contributed by atoms with Crippen molar-refractivity contribution in [2.45, 2.75) is 44.9 Å². The van der Waals surface area contributed by atoms with Crippen LogP contribution in [0.1, 0.15) is 33.6 Å².